The van der Waals surface area contributed by atoms with E-state index in [2.05, 4.69) is 20.7 Å². The largest absolute Gasteiger partial charge is 0.497 e. The van der Waals surface area contributed by atoms with Crippen molar-refractivity contribution in [2.75, 3.05) is 19.0 Å². The van der Waals surface area contributed by atoms with E-state index < -0.39 is 0 Å². The molecule has 3 aromatic rings. The minimum Gasteiger partial charge on any atom is -0.497 e. The van der Waals surface area contributed by atoms with Gasteiger partial charge in [0.25, 0.3) is 5.91 Å². The number of rotatable bonds is 7. The van der Waals surface area contributed by atoms with Crippen LogP contribution >= 0.6 is 0 Å². The quantitative estimate of drug-likeness (QED) is 0.684. The van der Waals surface area contributed by atoms with E-state index in [1.54, 1.807) is 36.3 Å². The zero-order chi connectivity index (χ0) is 18.4. The molecular formula is C19H21N5O2. The fourth-order valence-electron chi connectivity index (χ4n) is 2.48. The molecule has 0 unspecified atom stereocenters. The van der Waals surface area contributed by atoms with Crippen molar-refractivity contribution in [2.45, 2.75) is 6.42 Å². The van der Waals surface area contributed by atoms with Crippen LogP contribution in [0.3, 0.4) is 0 Å². The van der Waals surface area contributed by atoms with E-state index in [0.717, 1.165) is 23.6 Å². The molecule has 0 aliphatic carbocycles. The summed E-state index contributed by atoms with van der Waals surface area (Å²) in [6, 6.07) is 13.1. The summed E-state index contributed by atoms with van der Waals surface area (Å²) in [7, 11) is 3.47. The van der Waals surface area contributed by atoms with E-state index in [1.807, 2.05) is 37.4 Å². The Morgan fingerprint density at radius 1 is 1.15 bits per heavy atom. The Morgan fingerprint density at radius 3 is 2.65 bits per heavy atom. The normalized spacial score (nSPS) is 10.4. The maximum Gasteiger partial charge on any atom is 0.251 e. The molecule has 2 N–H and O–H groups in total. The summed E-state index contributed by atoms with van der Waals surface area (Å²) >= 11 is 0. The number of hydrogen-bond donors (Lipinski definition) is 2. The third kappa shape index (κ3) is 4.38. The molecule has 0 aliphatic heterocycles. The molecule has 0 atom stereocenters. The molecule has 0 spiro atoms. The van der Waals surface area contributed by atoms with Gasteiger partial charge in [-0.3, -0.25) is 9.48 Å². The highest BCUT2D eigenvalue weighted by molar-refractivity contribution is 5.94. The van der Waals surface area contributed by atoms with E-state index >= 15 is 0 Å². The fourth-order valence-corrected chi connectivity index (χ4v) is 2.48. The van der Waals surface area contributed by atoms with Gasteiger partial charge in [0, 0.05) is 31.4 Å². The van der Waals surface area contributed by atoms with Gasteiger partial charge < -0.3 is 15.4 Å². The molecule has 1 aromatic carbocycles. The van der Waals surface area contributed by atoms with Gasteiger partial charge in [-0.1, -0.05) is 12.1 Å². The number of hydrogen-bond acceptors (Lipinski definition) is 5. The molecule has 0 aliphatic rings. The van der Waals surface area contributed by atoms with Crippen LogP contribution in [0, 0.1) is 0 Å². The van der Waals surface area contributed by atoms with Crippen LogP contribution in [0.25, 0.3) is 0 Å². The monoisotopic (exact) mass is 351 g/mol. The molecule has 2 heterocycles. The molecule has 0 radical (unpaired) electrons. The van der Waals surface area contributed by atoms with Crippen LogP contribution in [0.5, 0.6) is 5.75 Å². The molecule has 134 valence electrons. The molecule has 0 bridgehead atoms. The van der Waals surface area contributed by atoms with Crippen molar-refractivity contribution in [1.29, 1.82) is 0 Å². The number of anilines is 2. The summed E-state index contributed by atoms with van der Waals surface area (Å²) in [4.78, 5) is 16.6. The standard InChI is InChI=1S/C19H21N5O2/c1-24-18(9-12-22-24)23-17-13-15(8-11-20-17)19(25)21-10-7-14-3-5-16(26-2)6-4-14/h3-6,8-9,11-13H,7,10H2,1-2H3,(H,20,23)(H,21,25). The van der Waals surface area contributed by atoms with Crippen LogP contribution in [0.2, 0.25) is 0 Å². The number of methoxy groups -OCH3 is 1. The topological polar surface area (TPSA) is 81.1 Å². The Labute approximate surface area is 152 Å². The minimum atomic E-state index is -0.131. The lowest BCUT2D eigenvalue weighted by molar-refractivity contribution is 0.0954. The fraction of sp³-hybridized carbons (Fsp3) is 0.211. The number of nitrogens with zero attached hydrogens (tertiary/aromatic N) is 3. The number of pyridine rings is 1. The lowest BCUT2D eigenvalue weighted by Gasteiger charge is -2.09. The zero-order valence-electron chi connectivity index (χ0n) is 14.8. The summed E-state index contributed by atoms with van der Waals surface area (Å²) in [6.07, 6.45) is 4.05. The number of carbonyl (C=O) groups is 1. The zero-order valence-corrected chi connectivity index (χ0v) is 14.8. The first kappa shape index (κ1) is 17.5. The molecule has 0 fully saturated rings. The average Bonchev–Trinajstić information content (AvgIpc) is 3.07. The molecule has 26 heavy (non-hydrogen) atoms. The average molecular weight is 351 g/mol. The summed E-state index contributed by atoms with van der Waals surface area (Å²) in [5.41, 5.74) is 1.69. The Hall–Kier alpha value is -3.35. The molecule has 2 aromatic heterocycles. The molecule has 0 saturated carbocycles. The van der Waals surface area contributed by atoms with E-state index in [1.165, 1.54) is 0 Å². The molecule has 0 saturated heterocycles. The van der Waals surface area contributed by atoms with Crippen LogP contribution in [0.1, 0.15) is 15.9 Å². The second-order valence-corrected chi connectivity index (χ2v) is 5.75. The number of amides is 1. The lowest BCUT2D eigenvalue weighted by Crippen LogP contribution is -2.25. The van der Waals surface area contributed by atoms with Crippen LogP contribution in [0.15, 0.2) is 54.9 Å². The smallest absolute Gasteiger partial charge is 0.251 e. The van der Waals surface area contributed by atoms with Crippen molar-refractivity contribution in [3.05, 3.63) is 66.0 Å². The van der Waals surface area contributed by atoms with Crippen LogP contribution in [0.4, 0.5) is 11.6 Å². The first-order valence-corrected chi connectivity index (χ1v) is 8.28. The van der Waals surface area contributed by atoms with E-state index in [4.69, 9.17) is 4.74 Å². The maximum absolute atomic E-state index is 12.4. The Bertz CT molecular complexity index is 874. The molecule has 7 heteroatoms. The molecule has 3 rings (SSSR count). The summed E-state index contributed by atoms with van der Waals surface area (Å²) in [5.74, 6) is 2.09. The third-order valence-corrected chi connectivity index (χ3v) is 3.96. The number of ether oxygens (including phenoxy) is 1. The highest BCUT2D eigenvalue weighted by atomic mass is 16.5. The van der Waals surface area contributed by atoms with Crippen molar-refractivity contribution >= 4 is 17.5 Å². The van der Waals surface area contributed by atoms with Gasteiger partial charge in [-0.15, -0.1) is 0 Å². The van der Waals surface area contributed by atoms with Crippen molar-refractivity contribution in [1.82, 2.24) is 20.1 Å². The molecular weight excluding hydrogens is 330 g/mol. The molecule has 1 amide bonds. The Balaban J connectivity index is 1.55. The van der Waals surface area contributed by atoms with Crippen LogP contribution < -0.4 is 15.4 Å². The third-order valence-electron chi connectivity index (χ3n) is 3.96. The van der Waals surface area contributed by atoms with Gasteiger partial charge in [0.2, 0.25) is 0 Å². The van der Waals surface area contributed by atoms with Gasteiger partial charge in [-0.25, -0.2) is 4.98 Å². The number of carbonyl (C=O) groups excluding carboxylic acids is 1. The second-order valence-electron chi connectivity index (χ2n) is 5.75. The minimum absolute atomic E-state index is 0.131. The van der Waals surface area contributed by atoms with E-state index in [0.29, 0.717) is 17.9 Å². The highest BCUT2D eigenvalue weighted by Crippen LogP contribution is 2.14. The number of aryl methyl sites for hydroxylation is 1. The summed E-state index contributed by atoms with van der Waals surface area (Å²) in [6.45, 7) is 0.554. The van der Waals surface area contributed by atoms with Gasteiger partial charge in [0.1, 0.15) is 17.4 Å². The Kier molecular flexibility index (Phi) is 5.48. The number of benzene rings is 1. The van der Waals surface area contributed by atoms with Crippen LogP contribution in [-0.2, 0) is 13.5 Å². The Morgan fingerprint density at radius 2 is 1.96 bits per heavy atom. The molecule has 7 nitrogen and oxygen atoms in total. The summed E-state index contributed by atoms with van der Waals surface area (Å²) < 4.78 is 6.84. The highest BCUT2D eigenvalue weighted by Gasteiger charge is 2.08. The predicted molar refractivity (Wildman–Crippen MR) is 99.8 cm³/mol. The summed E-state index contributed by atoms with van der Waals surface area (Å²) in [5, 5.41) is 10.2. The van der Waals surface area contributed by atoms with Crippen molar-refractivity contribution in [2.24, 2.45) is 7.05 Å². The van der Waals surface area contributed by atoms with Gasteiger partial charge >= 0.3 is 0 Å². The number of nitrogens with one attached hydrogen (secondary N) is 2. The maximum atomic E-state index is 12.4. The van der Waals surface area contributed by atoms with Crippen LogP contribution in [-0.4, -0.2) is 34.3 Å². The van der Waals surface area contributed by atoms with E-state index in [-0.39, 0.29) is 5.91 Å². The van der Waals surface area contributed by atoms with Gasteiger partial charge in [0.05, 0.1) is 13.3 Å². The van der Waals surface area contributed by atoms with Gasteiger partial charge in [0.15, 0.2) is 0 Å². The predicted octanol–water partition coefficient (Wildman–Crippen LogP) is 2.54. The van der Waals surface area contributed by atoms with Crippen molar-refractivity contribution in [3.8, 4) is 5.75 Å². The lowest BCUT2D eigenvalue weighted by atomic mass is 10.1. The van der Waals surface area contributed by atoms with Gasteiger partial charge in [-0.2, -0.15) is 5.10 Å². The first-order valence-electron chi connectivity index (χ1n) is 8.28. The van der Waals surface area contributed by atoms with E-state index in [9.17, 15) is 4.79 Å². The first-order chi connectivity index (χ1) is 12.7. The van der Waals surface area contributed by atoms with Gasteiger partial charge in [-0.05, 0) is 36.2 Å². The SMILES string of the molecule is COc1ccc(CCNC(=O)c2ccnc(Nc3ccnn3C)c2)cc1. The van der Waals surface area contributed by atoms with Crippen molar-refractivity contribution < 1.29 is 9.53 Å². The number of aromatic nitrogens is 3. The second kappa shape index (κ2) is 8.15. The van der Waals surface area contributed by atoms with Crippen molar-refractivity contribution in [3.63, 3.8) is 0 Å².